The lowest BCUT2D eigenvalue weighted by molar-refractivity contribution is 0.350. The van der Waals surface area contributed by atoms with Crippen LogP contribution in [-0.2, 0) is 10.2 Å². The molecule has 0 unspecified atom stereocenters. The molecule has 21 heavy (non-hydrogen) atoms. The van der Waals surface area contributed by atoms with E-state index in [9.17, 15) is 8.42 Å². The number of benzene rings is 1. The molecule has 1 aliphatic rings. The highest BCUT2D eigenvalue weighted by molar-refractivity contribution is 7.90. The maximum absolute atomic E-state index is 12.3. The van der Waals surface area contributed by atoms with Crippen LogP contribution in [0.15, 0.2) is 18.2 Å². The van der Waals surface area contributed by atoms with Crippen molar-refractivity contribution in [3.63, 3.8) is 0 Å². The van der Waals surface area contributed by atoms with Crippen molar-refractivity contribution in [2.75, 3.05) is 31.5 Å². The van der Waals surface area contributed by atoms with Crippen LogP contribution in [0.25, 0.3) is 0 Å². The number of methoxy groups -OCH3 is 1. The monoisotopic (exact) mass is 310 g/mol. The van der Waals surface area contributed by atoms with Gasteiger partial charge in [0, 0.05) is 18.7 Å². The molecule has 0 radical (unpaired) electrons. The van der Waals surface area contributed by atoms with Crippen LogP contribution in [0.3, 0.4) is 0 Å². The van der Waals surface area contributed by atoms with Gasteiger partial charge in [-0.1, -0.05) is 11.8 Å². The van der Waals surface area contributed by atoms with Crippen LogP contribution in [0.2, 0.25) is 0 Å². The number of aliphatic hydroxyl groups excluding tert-OH is 1. The lowest BCUT2D eigenvalue weighted by atomic mass is 10.2. The fourth-order valence-electron chi connectivity index (χ4n) is 2.14. The summed E-state index contributed by atoms with van der Waals surface area (Å²) in [4.78, 5) is 0. The Morgan fingerprint density at radius 3 is 2.71 bits per heavy atom. The zero-order valence-electron chi connectivity index (χ0n) is 11.8. The highest BCUT2D eigenvalue weighted by atomic mass is 32.2. The van der Waals surface area contributed by atoms with Gasteiger partial charge in [0.2, 0.25) is 0 Å². The number of rotatable bonds is 4. The summed E-state index contributed by atoms with van der Waals surface area (Å²) in [6.07, 6.45) is 1.75. The summed E-state index contributed by atoms with van der Waals surface area (Å²) in [6.45, 7) is 0.810. The predicted molar refractivity (Wildman–Crippen MR) is 80.3 cm³/mol. The molecule has 7 heteroatoms. The molecule has 0 saturated carbocycles. The van der Waals surface area contributed by atoms with Gasteiger partial charge < -0.3 is 9.84 Å². The lowest BCUT2D eigenvalue weighted by Gasteiger charge is -2.18. The van der Waals surface area contributed by atoms with Crippen LogP contribution in [-0.4, -0.2) is 44.6 Å². The molecule has 6 nitrogen and oxygen atoms in total. The Morgan fingerprint density at radius 2 is 2.10 bits per heavy atom. The van der Waals surface area contributed by atoms with E-state index in [1.807, 2.05) is 0 Å². The molecule has 0 aromatic heterocycles. The summed E-state index contributed by atoms with van der Waals surface area (Å²) in [6, 6.07) is 4.94. The highest BCUT2D eigenvalue weighted by Crippen LogP contribution is 2.27. The van der Waals surface area contributed by atoms with E-state index in [1.54, 1.807) is 18.2 Å². The Hall–Kier alpha value is -1.75. The number of anilines is 1. The van der Waals surface area contributed by atoms with E-state index in [-0.39, 0.29) is 6.61 Å². The van der Waals surface area contributed by atoms with Crippen LogP contribution in [0, 0.1) is 11.8 Å². The van der Waals surface area contributed by atoms with Crippen molar-refractivity contribution in [1.29, 1.82) is 0 Å². The molecular weight excluding hydrogens is 292 g/mol. The number of aliphatic hydroxyl groups is 1. The number of hydrogen-bond acceptors (Lipinski definition) is 4. The fraction of sp³-hybridized carbons (Fsp3) is 0.429. The van der Waals surface area contributed by atoms with Gasteiger partial charge in [0.05, 0.1) is 12.8 Å². The first kappa shape index (κ1) is 15.6. The minimum absolute atomic E-state index is 0.249. The second-order valence-corrected chi connectivity index (χ2v) is 6.26. The summed E-state index contributed by atoms with van der Waals surface area (Å²) in [7, 11) is -2.10. The van der Waals surface area contributed by atoms with Gasteiger partial charge in [0.25, 0.3) is 0 Å². The average molecular weight is 310 g/mol. The predicted octanol–water partition coefficient (Wildman–Crippen LogP) is 0.791. The van der Waals surface area contributed by atoms with Gasteiger partial charge in [-0.2, -0.15) is 12.7 Å². The summed E-state index contributed by atoms with van der Waals surface area (Å²) >= 11 is 0. The van der Waals surface area contributed by atoms with Crippen LogP contribution < -0.4 is 9.46 Å². The summed E-state index contributed by atoms with van der Waals surface area (Å²) in [5.41, 5.74) is 0.943. The molecular formula is C14H18N2O4S. The van der Waals surface area contributed by atoms with E-state index >= 15 is 0 Å². The van der Waals surface area contributed by atoms with Crippen molar-refractivity contribution in [3.8, 4) is 17.6 Å². The smallest absolute Gasteiger partial charge is 0.301 e. The van der Waals surface area contributed by atoms with Crippen LogP contribution in [0.1, 0.15) is 18.4 Å². The minimum Gasteiger partial charge on any atom is -0.495 e. The van der Waals surface area contributed by atoms with Crippen LogP contribution in [0.4, 0.5) is 5.69 Å². The first-order valence-electron chi connectivity index (χ1n) is 6.62. The molecule has 1 fully saturated rings. The van der Waals surface area contributed by atoms with Crippen molar-refractivity contribution in [3.05, 3.63) is 23.8 Å². The average Bonchev–Trinajstić information content (AvgIpc) is 3.00. The molecule has 0 amide bonds. The zero-order valence-corrected chi connectivity index (χ0v) is 12.6. The quantitative estimate of drug-likeness (QED) is 0.806. The van der Waals surface area contributed by atoms with Gasteiger partial charge in [0.1, 0.15) is 12.4 Å². The number of hydrogen-bond donors (Lipinski definition) is 2. The summed E-state index contributed by atoms with van der Waals surface area (Å²) in [5.74, 6) is 5.69. The maximum atomic E-state index is 12.3. The molecule has 1 aliphatic heterocycles. The molecule has 1 heterocycles. The van der Waals surface area contributed by atoms with E-state index in [2.05, 4.69) is 16.6 Å². The van der Waals surface area contributed by atoms with Crippen molar-refractivity contribution < 1.29 is 18.3 Å². The first-order valence-corrected chi connectivity index (χ1v) is 8.06. The van der Waals surface area contributed by atoms with E-state index in [0.717, 1.165) is 12.8 Å². The number of nitrogens with one attached hydrogen (secondary N) is 1. The van der Waals surface area contributed by atoms with Crippen LogP contribution >= 0.6 is 0 Å². The van der Waals surface area contributed by atoms with Gasteiger partial charge in [-0.25, -0.2) is 0 Å². The lowest BCUT2D eigenvalue weighted by Crippen LogP contribution is -2.33. The molecule has 2 rings (SSSR count). The van der Waals surface area contributed by atoms with E-state index in [4.69, 9.17) is 9.84 Å². The third-order valence-corrected chi connectivity index (χ3v) is 4.68. The van der Waals surface area contributed by atoms with Gasteiger partial charge in [-0.3, -0.25) is 4.72 Å². The van der Waals surface area contributed by atoms with Crippen molar-refractivity contribution in [1.82, 2.24) is 4.31 Å². The Kier molecular flexibility index (Phi) is 5.07. The Labute approximate surface area is 124 Å². The summed E-state index contributed by atoms with van der Waals surface area (Å²) < 4.78 is 33.7. The molecule has 1 saturated heterocycles. The van der Waals surface area contributed by atoms with E-state index in [0.29, 0.717) is 30.1 Å². The maximum Gasteiger partial charge on any atom is 0.301 e. The van der Waals surface area contributed by atoms with Gasteiger partial charge >= 0.3 is 10.2 Å². The van der Waals surface area contributed by atoms with Crippen LogP contribution in [0.5, 0.6) is 5.75 Å². The SMILES string of the molecule is COc1ccc(C#CCO)cc1NS(=O)(=O)N1CCCC1. The van der Waals surface area contributed by atoms with E-state index < -0.39 is 10.2 Å². The normalized spacial score (nSPS) is 15.3. The molecule has 114 valence electrons. The number of ether oxygens (including phenoxy) is 1. The topological polar surface area (TPSA) is 78.9 Å². The van der Waals surface area contributed by atoms with Crippen molar-refractivity contribution >= 4 is 15.9 Å². The molecule has 0 bridgehead atoms. The van der Waals surface area contributed by atoms with Crippen molar-refractivity contribution in [2.45, 2.75) is 12.8 Å². The Morgan fingerprint density at radius 1 is 1.38 bits per heavy atom. The Bertz CT molecular complexity index is 655. The van der Waals surface area contributed by atoms with Gasteiger partial charge in [-0.15, -0.1) is 0 Å². The highest BCUT2D eigenvalue weighted by Gasteiger charge is 2.26. The second-order valence-electron chi connectivity index (χ2n) is 4.59. The zero-order chi connectivity index (χ0) is 15.3. The van der Waals surface area contributed by atoms with Crippen molar-refractivity contribution in [2.24, 2.45) is 0 Å². The molecule has 2 N–H and O–H groups in total. The molecule has 1 aromatic carbocycles. The minimum atomic E-state index is -3.58. The Balaban J connectivity index is 2.28. The second kappa shape index (κ2) is 6.80. The summed E-state index contributed by atoms with van der Waals surface area (Å²) in [5, 5.41) is 8.71. The molecule has 0 atom stereocenters. The third kappa shape index (κ3) is 3.88. The van der Waals surface area contributed by atoms with Gasteiger partial charge in [0.15, 0.2) is 0 Å². The number of nitrogens with zero attached hydrogens (tertiary/aromatic N) is 1. The molecule has 1 aromatic rings. The third-order valence-electron chi connectivity index (χ3n) is 3.16. The van der Waals surface area contributed by atoms with E-state index in [1.165, 1.54) is 11.4 Å². The molecule has 0 spiro atoms. The standard InChI is InChI=1S/C14H18N2O4S/c1-20-14-7-6-12(5-4-10-17)11-13(14)15-21(18,19)16-8-2-3-9-16/h6-7,11,15,17H,2-3,8-10H2,1H3. The first-order chi connectivity index (χ1) is 10.1. The largest absolute Gasteiger partial charge is 0.495 e. The fourth-order valence-corrected chi connectivity index (χ4v) is 3.44. The molecule has 0 aliphatic carbocycles. The van der Waals surface area contributed by atoms with Gasteiger partial charge in [-0.05, 0) is 31.0 Å².